The molecule has 0 aromatic heterocycles. The molecule has 3 atom stereocenters. The van der Waals surface area contributed by atoms with Crippen LogP contribution in [0, 0.1) is 17.8 Å². The third kappa shape index (κ3) is 5.53. The van der Waals surface area contributed by atoms with Gasteiger partial charge in [-0.1, -0.05) is 42.7 Å². The normalized spacial score (nSPS) is 24.9. The molecule has 0 heterocycles. The molecule has 0 aromatic rings. The first-order valence-corrected chi connectivity index (χ1v) is 10.7. The molecule has 0 aliphatic heterocycles. The number of carbonyl (C=O) groups excluding carboxylic acids is 1. The Balaban J connectivity index is 1.62. The molecule has 2 bridgehead atoms. The first kappa shape index (κ1) is 19.9. The topological polar surface area (TPSA) is 35.5 Å². The lowest BCUT2D eigenvalue weighted by Gasteiger charge is -2.22. The van der Waals surface area contributed by atoms with Crippen LogP contribution in [0.4, 0.5) is 0 Å². The van der Waals surface area contributed by atoms with Crippen LogP contribution >= 0.6 is 35.7 Å². The van der Waals surface area contributed by atoms with Crippen molar-refractivity contribution in [1.82, 2.24) is 0 Å². The van der Waals surface area contributed by atoms with Gasteiger partial charge in [0.1, 0.15) is 8.28 Å². The highest BCUT2D eigenvalue weighted by Crippen LogP contribution is 2.43. The predicted octanol–water partition coefficient (Wildman–Crippen LogP) is 4.82. The maximum absolute atomic E-state index is 12.2. The average Bonchev–Trinajstić information content (AvgIpc) is 3.15. The summed E-state index contributed by atoms with van der Waals surface area (Å²) in [5.41, 5.74) is 0. The largest absolute Gasteiger partial charge is 0.498 e. The molecule has 0 radical (unpaired) electrons. The van der Waals surface area contributed by atoms with Gasteiger partial charge >= 0.3 is 5.97 Å². The molecule has 2 aliphatic carbocycles. The second-order valence-electron chi connectivity index (χ2n) is 6.84. The molecule has 0 N–H and O–H groups in total. The molecular weight excluding hydrogens is 360 g/mol. The summed E-state index contributed by atoms with van der Waals surface area (Å²) in [6.07, 6.45) is 9.61. The Morgan fingerprint density at radius 2 is 2.08 bits per heavy atom. The zero-order chi connectivity index (χ0) is 17.7. The highest BCUT2D eigenvalue weighted by molar-refractivity contribution is 8.47. The lowest BCUT2D eigenvalue weighted by atomic mass is 9.95. The van der Waals surface area contributed by atoms with E-state index in [4.69, 9.17) is 21.7 Å². The van der Waals surface area contributed by atoms with Gasteiger partial charge in [0.25, 0.3) is 0 Å². The summed E-state index contributed by atoms with van der Waals surface area (Å²) in [6.45, 7) is 8.62. The van der Waals surface area contributed by atoms with Crippen LogP contribution in [0.5, 0.6) is 0 Å². The van der Waals surface area contributed by atoms with Crippen LogP contribution in [0.15, 0.2) is 24.5 Å². The van der Waals surface area contributed by atoms with Gasteiger partial charge in [0.15, 0.2) is 0 Å². The molecule has 0 amide bonds. The van der Waals surface area contributed by atoms with E-state index in [0.717, 1.165) is 16.1 Å². The number of thioether (sulfide) groups is 2. The summed E-state index contributed by atoms with van der Waals surface area (Å²) in [5.74, 6) is 2.49. The van der Waals surface area contributed by atoms with Gasteiger partial charge in [0.05, 0.1) is 19.0 Å². The zero-order valence-corrected chi connectivity index (χ0v) is 17.0. The number of rotatable bonds is 8. The summed E-state index contributed by atoms with van der Waals surface area (Å²) in [4.78, 5) is 12.2. The standard InChI is InChI=1S/C18H26O3S3/c1-12(21-11-15-10-13-5-6-14(15)9-13)7-8-20-16(19)18(2,3)24-17(22)23-4/h5-6,13-15H,1,7-11H2,2-4H3. The van der Waals surface area contributed by atoms with Crippen molar-refractivity contribution < 1.29 is 14.3 Å². The van der Waals surface area contributed by atoms with Crippen LogP contribution in [0.3, 0.4) is 0 Å². The minimum absolute atomic E-state index is 0.255. The smallest absolute Gasteiger partial charge is 0.322 e. The summed E-state index contributed by atoms with van der Waals surface area (Å²) in [5, 5.41) is 0. The maximum atomic E-state index is 12.2. The minimum Gasteiger partial charge on any atom is -0.498 e. The van der Waals surface area contributed by atoms with E-state index in [9.17, 15) is 4.79 Å². The molecule has 0 aromatic carbocycles. The molecule has 0 spiro atoms. The molecule has 24 heavy (non-hydrogen) atoms. The quantitative estimate of drug-likeness (QED) is 0.257. The van der Waals surface area contributed by atoms with Gasteiger partial charge in [-0.25, -0.2) is 0 Å². The first-order valence-electron chi connectivity index (χ1n) is 8.25. The Bertz CT molecular complexity index is 528. The van der Waals surface area contributed by atoms with Gasteiger partial charge in [-0.15, -0.1) is 11.8 Å². The fraction of sp³-hybridized carbons (Fsp3) is 0.667. The van der Waals surface area contributed by atoms with Gasteiger partial charge < -0.3 is 9.47 Å². The summed E-state index contributed by atoms with van der Waals surface area (Å²) in [6, 6.07) is 0. The third-order valence-corrected chi connectivity index (χ3v) is 7.21. The molecule has 134 valence electrons. The number of allylic oxidation sites excluding steroid dienone is 2. The van der Waals surface area contributed by atoms with E-state index in [1.54, 1.807) is 0 Å². The number of esters is 1. The van der Waals surface area contributed by atoms with Gasteiger partial charge in [-0.3, -0.25) is 4.79 Å². The maximum Gasteiger partial charge on any atom is 0.322 e. The van der Waals surface area contributed by atoms with Crippen LogP contribution in [0.1, 0.15) is 33.1 Å². The highest BCUT2D eigenvalue weighted by atomic mass is 32.2. The van der Waals surface area contributed by atoms with Crippen molar-refractivity contribution in [3.05, 3.63) is 24.5 Å². The number of hydrogen-bond acceptors (Lipinski definition) is 6. The van der Waals surface area contributed by atoms with Gasteiger partial charge in [0.2, 0.25) is 0 Å². The van der Waals surface area contributed by atoms with E-state index >= 15 is 0 Å². The molecule has 1 saturated carbocycles. The molecule has 1 fully saturated rings. The second kappa shape index (κ2) is 8.77. The second-order valence-corrected chi connectivity index (χ2v) is 10.5. The van der Waals surface area contributed by atoms with E-state index in [1.807, 2.05) is 20.1 Å². The van der Waals surface area contributed by atoms with Crippen LogP contribution in [-0.2, 0) is 14.3 Å². The average molecular weight is 387 g/mol. The minimum atomic E-state index is -0.669. The van der Waals surface area contributed by atoms with E-state index in [0.29, 0.717) is 30.6 Å². The summed E-state index contributed by atoms with van der Waals surface area (Å²) < 4.78 is 11.2. The molecule has 3 nitrogen and oxygen atoms in total. The van der Waals surface area contributed by atoms with Gasteiger partial charge in [-0.2, -0.15) is 0 Å². The third-order valence-electron chi connectivity index (χ3n) is 4.53. The van der Waals surface area contributed by atoms with Crippen molar-refractivity contribution in [3.63, 3.8) is 0 Å². The van der Waals surface area contributed by atoms with Crippen LogP contribution in [0.2, 0.25) is 0 Å². The summed E-state index contributed by atoms with van der Waals surface area (Å²) in [7, 11) is 0. The van der Waals surface area contributed by atoms with Crippen molar-refractivity contribution in [3.8, 4) is 0 Å². The lowest BCUT2D eigenvalue weighted by Crippen LogP contribution is -2.31. The monoisotopic (exact) mass is 386 g/mol. The Morgan fingerprint density at radius 1 is 1.33 bits per heavy atom. The van der Waals surface area contributed by atoms with Gasteiger partial charge in [0, 0.05) is 6.42 Å². The molecule has 2 aliphatic rings. The van der Waals surface area contributed by atoms with Crippen LogP contribution in [0.25, 0.3) is 0 Å². The van der Waals surface area contributed by atoms with Crippen LogP contribution in [-0.4, -0.2) is 33.7 Å². The number of hydrogen-bond donors (Lipinski definition) is 0. The Labute approximate surface area is 159 Å². The zero-order valence-electron chi connectivity index (χ0n) is 14.6. The summed E-state index contributed by atoms with van der Waals surface area (Å²) >= 11 is 8.00. The SMILES string of the molecule is C=C(CCOC(=O)C(C)(C)SC(=S)SC)OCC1CC2C=CC1C2. The Morgan fingerprint density at radius 3 is 2.67 bits per heavy atom. The number of ether oxygens (including phenoxy) is 2. The van der Waals surface area contributed by atoms with Crippen molar-refractivity contribution in [2.45, 2.75) is 37.9 Å². The van der Waals surface area contributed by atoms with E-state index in [-0.39, 0.29) is 5.97 Å². The van der Waals surface area contributed by atoms with E-state index in [2.05, 4.69) is 18.7 Å². The fourth-order valence-electron chi connectivity index (χ4n) is 3.11. The van der Waals surface area contributed by atoms with Crippen molar-refractivity contribution in [1.29, 1.82) is 0 Å². The van der Waals surface area contributed by atoms with Crippen molar-refractivity contribution in [2.75, 3.05) is 19.5 Å². The number of carbonyl (C=O) groups is 1. The molecule has 6 heteroatoms. The van der Waals surface area contributed by atoms with Crippen LogP contribution < -0.4 is 0 Å². The molecule has 0 saturated heterocycles. The van der Waals surface area contributed by atoms with E-state index in [1.165, 1.54) is 36.4 Å². The number of fused-ring (bicyclic) bond motifs is 2. The molecular formula is C18H26O3S3. The number of thiocarbonyl (C=S) groups is 1. The first-order chi connectivity index (χ1) is 11.3. The van der Waals surface area contributed by atoms with E-state index < -0.39 is 4.75 Å². The fourth-order valence-corrected chi connectivity index (χ4v) is 5.25. The van der Waals surface area contributed by atoms with Crippen molar-refractivity contribution >= 4 is 45.2 Å². The molecule has 3 unspecified atom stereocenters. The van der Waals surface area contributed by atoms with Crippen molar-refractivity contribution in [2.24, 2.45) is 17.8 Å². The Hall–Kier alpha value is -0.460. The predicted molar refractivity (Wildman–Crippen MR) is 107 cm³/mol. The lowest BCUT2D eigenvalue weighted by molar-refractivity contribution is -0.145. The molecule has 2 rings (SSSR count). The Kier molecular flexibility index (Phi) is 7.25. The van der Waals surface area contributed by atoms with Gasteiger partial charge in [-0.05, 0) is 50.7 Å². The highest BCUT2D eigenvalue weighted by Gasteiger charge is 2.36.